The van der Waals surface area contributed by atoms with Crippen LogP contribution >= 0.6 is 0 Å². The zero-order valence-electron chi connectivity index (χ0n) is 27.7. The summed E-state index contributed by atoms with van der Waals surface area (Å²) >= 11 is 0. The molecule has 49 heavy (non-hydrogen) atoms. The van der Waals surface area contributed by atoms with Gasteiger partial charge in [0.05, 0.1) is 36.5 Å². The van der Waals surface area contributed by atoms with Crippen LogP contribution in [0.5, 0.6) is 0 Å². The van der Waals surface area contributed by atoms with E-state index in [1.807, 2.05) is 66.7 Å². The first-order valence-corrected chi connectivity index (χ1v) is 16.8. The fraction of sp³-hybridized carbons (Fsp3) is 0.238. The highest BCUT2D eigenvalue weighted by atomic mass is 16.7. The standard InChI is InChI=1S/C42H40N2O5/c1-28-38(26-43(2)24-29-9-4-3-5-10-29)48-42(49-39(28)33-17-15-30(27-45)16-18-33)34-21-19-32(20-22-34)35-12-8-11-31(23-35)25-44-40(46)36-13-6-7-14-37(36)41(44)47/h3-23,28,38-39,42,45H,24-27H2,1-2H3. The SMILES string of the molecule is CC1C(CN(C)Cc2ccccc2)OC(c2ccc(-c3cccc(CN4C(=O)c5ccccc5C4=O)c3)cc2)OC1c1ccc(CO)cc1. The molecule has 1 saturated heterocycles. The summed E-state index contributed by atoms with van der Waals surface area (Å²) in [6.45, 7) is 3.94. The molecule has 4 atom stereocenters. The van der Waals surface area contributed by atoms with E-state index in [1.165, 1.54) is 10.5 Å². The minimum absolute atomic E-state index is 0.00196. The van der Waals surface area contributed by atoms with E-state index in [9.17, 15) is 14.7 Å². The largest absolute Gasteiger partial charge is 0.392 e. The van der Waals surface area contributed by atoms with Crippen molar-refractivity contribution in [3.8, 4) is 11.1 Å². The Morgan fingerprint density at radius 3 is 1.98 bits per heavy atom. The maximum atomic E-state index is 12.9. The van der Waals surface area contributed by atoms with Crippen molar-refractivity contribution in [1.82, 2.24) is 9.80 Å². The Labute approximate surface area is 287 Å². The number of benzene rings is 5. The molecule has 248 valence electrons. The van der Waals surface area contributed by atoms with Crippen LogP contribution in [0.3, 0.4) is 0 Å². The van der Waals surface area contributed by atoms with Crippen molar-refractivity contribution in [2.45, 2.75) is 45.1 Å². The molecule has 2 heterocycles. The fourth-order valence-corrected chi connectivity index (χ4v) is 6.84. The van der Waals surface area contributed by atoms with E-state index in [2.05, 4.69) is 55.3 Å². The van der Waals surface area contributed by atoms with Crippen LogP contribution in [-0.2, 0) is 29.2 Å². The van der Waals surface area contributed by atoms with Crippen LogP contribution < -0.4 is 0 Å². The minimum atomic E-state index is -0.567. The van der Waals surface area contributed by atoms with Crippen molar-refractivity contribution in [2.75, 3.05) is 13.6 Å². The van der Waals surface area contributed by atoms with Gasteiger partial charge in [0.15, 0.2) is 6.29 Å². The number of ether oxygens (including phenoxy) is 2. The lowest BCUT2D eigenvalue weighted by Gasteiger charge is -2.42. The predicted octanol–water partition coefficient (Wildman–Crippen LogP) is 7.57. The Morgan fingerprint density at radius 2 is 1.31 bits per heavy atom. The van der Waals surface area contributed by atoms with Crippen LogP contribution in [0.25, 0.3) is 11.1 Å². The number of hydrogen-bond acceptors (Lipinski definition) is 6. The molecule has 7 heteroatoms. The number of imide groups is 1. The van der Waals surface area contributed by atoms with Gasteiger partial charge in [0.25, 0.3) is 11.8 Å². The van der Waals surface area contributed by atoms with Crippen molar-refractivity contribution >= 4 is 11.8 Å². The highest BCUT2D eigenvalue weighted by molar-refractivity contribution is 6.21. The second kappa shape index (κ2) is 14.3. The second-order valence-electron chi connectivity index (χ2n) is 13.1. The Morgan fingerprint density at radius 1 is 0.673 bits per heavy atom. The van der Waals surface area contributed by atoms with Crippen LogP contribution in [-0.4, -0.2) is 46.4 Å². The fourth-order valence-electron chi connectivity index (χ4n) is 6.84. The van der Waals surface area contributed by atoms with Crippen LogP contribution in [0.15, 0.2) is 127 Å². The molecule has 2 amide bonds. The summed E-state index contributed by atoms with van der Waals surface area (Å²) in [7, 11) is 2.12. The van der Waals surface area contributed by atoms with Gasteiger partial charge in [0.2, 0.25) is 0 Å². The number of carbonyl (C=O) groups is 2. The Hall–Kier alpha value is -4.92. The maximum absolute atomic E-state index is 12.9. The molecule has 2 aliphatic rings. The minimum Gasteiger partial charge on any atom is -0.392 e. The molecule has 0 bridgehead atoms. The third-order valence-corrected chi connectivity index (χ3v) is 9.57. The molecule has 7 rings (SSSR count). The number of aliphatic hydroxyl groups excluding tert-OH is 1. The smallest absolute Gasteiger partial charge is 0.261 e. The Bertz CT molecular complexity index is 1890. The lowest BCUT2D eigenvalue weighted by Crippen LogP contribution is -2.43. The van der Waals surface area contributed by atoms with Gasteiger partial charge in [0, 0.05) is 24.6 Å². The van der Waals surface area contributed by atoms with Gasteiger partial charge in [-0.1, -0.05) is 116 Å². The van der Waals surface area contributed by atoms with Crippen LogP contribution in [0, 0.1) is 5.92 Å². The molecule has 1 fully saturated rings. The molecular weight excluding hydrogens is 612 g/mol. The van der Waals surface area contributed by atoms with Crippen molar-refractivity contribution in [1.29, 1.82) is 0 Å². The molecule has 1 N–H and O–H groups in total. The maximum Gasteiger partial charge on any atom is 0.261 e. The monoisotopic (exact) mass is 652 g/mol. The molecule has 5 aromatic carbocycles. The number of nitrogens with zero attached hydrogens (tertiary/aromatic N) is 2. The third kappa shape index (κ3) is 6.98. The molecule has 2 aliphatic heterocycles. The molecular formula is C42H40N2O5. The number of hydrogen-bond donors (Lipinski definition) is 1. The lowest BCUT2D eigenvalue weighted by atomic mass is 9.90. The van der Waals surface area contributed by atoms with Gasteiger partial charge in [-0.25, -0.2) is 0 Å². The topological polar surface area (TPSA) is 79.3 Å². The number of carbonyl (C=O) groups excluding carboxylic acids is 2. The quantitative estimate of drug-likeness (QED) is 0.157. The molecule has 0 saturated carbocycles. The average Bonchev–Trinajstić information content (AvgIpc) is 3.38. The van der Waals surface area contributed by atoms with E-state index >= 15 is 0 Å². The van der Waals surface area contributed by atoms with Gasteiger partial charge in [-0.2, -0.15) is 0 Å². The first-order chi connectivity index (χ1) is 23.9. The summed E-state index contributed by atoms with van der Waals surface area (Å²) in [5.41, 5.74) is 7.87. The van der Waals surface area contributed by atoms with Crippen LogP contribution in [0.4, 0.5) is 0 Å². The molecule has 4 unspecified atom stereocenters. The summed E-state index contributed by atoms with van der Waals surface area (Å²) in [6, 6.07) is 41.5. The number of aliphatic hydroxyl groups is 1. The van der Waals surface area contributed by atoms with E-state index in [-0.39, 0.29) is 43.1 Å². The predicted molar refractivity (Wildman–Crippen MR) is 188 cm³/mol. The molecule has 0 radical (unpaired) electrons. The van der Waals surface area contributed by atoms with Crippen molar-refractivity contribution in [3.63, 3.8) is 0 Å². The first kappa shape index (κ1) is 32.6. The molecule has 0 spiro atoms. The summed E-state index contributed by atoms with van der Waals surface area (Å²) in [5.74, 6) is -0.438. The number of amides is 2. The van der Waals surface area contributed by atoms with E-state index in [0.29, 0.717) is 11.1 Å². The van der Waals surface area contributed by atoms with Gasteiger partial charge >= 0.3 is 0 Å². The summed E-state index contributed by atoms with van der Waals surface area (Å²) < 4.78 is 13.4. The van der Waals surface area contributed by atoms with Crippen molar-refractivity contribution in [2.24, 2.45) is 5.92 Å². The molecule has 5 aromatic rings. The van der Waals surface area contributed by atoms with Gasteiger partial charge in [-0.05, 0) is 58.6 Å². The third-order valence-electron chi connectivity index (χ3n) is 9.57. The Kier molecular flexibility index (Phi) is 9.51. The molecule has 0 aromatic heterocycles. The van der Waals surface area contributed by atoms with E-state index < -0.39 is 6.29 Å². The zero-order chi connectivity index (χ0) is 33.9. The van der Waals surface area contributed by atoms with E-state index in [0.717, 1.165) is 46.5 Å². The van der Waals surface area contributed by atoms with Crippen molar-refractivity contribution < 1.29 is 24.2 Å². The number of fused-ring (bicyclic) bond motifs is 1. The van der Waals surface area contributed by atoms with Crippen LogP contribution in [0.2, 0.25) is 0 Å². The second-order valence-corrected chi connectivity index (χ2v) is 13.1. The van der Waals surface area contributed by atoms with Crippen molar-refractivity contribution in [3.05, 3.63) is 166 Å². The van der Waals surface area contributed by atoms with Crippen LogP contribution in [0.1, 0.15) is 67.9 Å². The highest BCUT2D eigenvalue weighted by Gasteiger charge is 2.39. The average molecular weight is 653 g/mol. The van der Waals surface area contributed by atoms with Gasteiger partial charge in [-0.15, -0.1) is 0 Å². The Balaban J connectivity index is 1.09. The number of likely N-dealkylation sites (N-methyl/N-ethyl adjacent to an activating group) is 1. The van der Waals surface area contributed by atoms with Gasteiger partial charge in [-0.3, -0.25) is 19.4 Å². The van der Waals surface area contributed by atoms with Gasteiger partial charge in [0.1, 0.15) is 0 Å². The molecule has 7 nitrogen and oxygen atoms in total. The lowest BCUT2D eigenvalue weighted by molar-refractivity contribution is -0.276. The van der Waals surface area contributed by atoms with E-state index in [4.69, 9.17) is 9.47 Å². The summed E-state index contributed by atoms with van der Waals surface area (Å²) in [4.78, 5) is 29.5. The highest BCUT2D eigenvalue weighted by Crippen LogP contribution is 2.42. The summed E-state index contributed by atoms with van der Waals surface area (Å²) in [5, 5.41) is 9.60. The summed E-state index contributed by atoms with van der Waals surface area (Å²) in [6.07, 6.45) is -0.850. The number of rotatable bonds is 10. The van der Waals surface area contributed by atoms with Gasteiger partial charge < -0.3 is 14.6 Å². The normalized spacial score (nSPS) is 20.5. The van der Waals surface area contributed by atoms with E-state index in [1.54, 1.807) is 24.3 Å². The molecule has 0 aliphatic carbocycles. The first-order valence-electron chi connectivity index (χ1n) is 16.8. The zero-order valence-corrected chi connectivity index (χ0v) is 27.7.